The Morgan fingerprint density at radius 1 is 1.03 bits per heavy atom. The van der Waals surface area contributed by atoms with Gasteiger partial charge in [0, 0.05) is 12.0 Å². The Kier molecular flexibility index (Phi) is 5.94. The van der Waals surface area contributed by atoms with E-state index in [-0.39, 0.29) is 29.8 Å². The van der Waals surface area contributed by atoms with Gasteiger partial charge in [-0.25, -0.2) is 0 Å². The molecule has 164 valence electrons. The standard InChI is InChI=1S/C24H34N2O4/c1-15(20-9-19(29-2)4-5-21(20)30-3)26-23(28)14-25-22(27)13-24-10-16-6-17(11-24)8-18(7-16)12-24/h4-5,9,15-18H,6-8,10-14H2,1-3H3,(H,25,27)(H,26,28)/t15-,16?,17?,18?,24?/m0/s1. The maximum absolute atomic E-state index is 12.6. The number of hydrogen-bond acceptors (Lipinski definition) is 4. The van der Waals surface area contributed by atoms with Gasteiger partial charge < -0.3 is 20.1 Å². The fraction of sp³-hybridized carbons (Fsp3) is 0.667. The van der Waals surface area contributed by atoms with E-state index in [2.05, 4.69) is 10.6 Å². The van der Waals surface area contributed by atoms with Crippen LogP contribution in [0.4, 0.5) is 0 Å². The Balaban J connectivity index is 1.28. The van der Waals surface area contributed by atoms with Crippen molar-refractivity contribution in [3.05, 3.63) is 23.8 Å². The summed E-state index contributed by atoms with van der Waals surface area (Å²) in [5, 5.41) is 5.81. The van der Waals surface area contributed by atoms with Gasteiger partial charge in [0.1, 0.15) is 11.5 Å². The lowest BCUT2D eigenvalue weighted by molar-refractivity contribution is -0.132. The first kappa shape index (κ1) is 21.0. The van der Waals surface area contributed by atoms with Crippen molar-refractivity contribution < 1.29 is 19.1 Å². The minimum Gasteiger partial charge on any atom is -0.497 e. The summed E-state index contributed by atoms with van der Waals surface area (Å²) in [6.45, 7) is 1.90. The van der Waals surface area contributed by atoms with E-state index in [4.69, 9.17) is 9.47 Å². The highest BCUT2D eigenvalue weighted by atomic mass is 16.5. The van der Waals surface area contributed by atoms with Crippen LogP contribution in [0.1, 0.15) is 63.5 Å². The summed E-state index contributed by atoms with van der Waals surface area (Å²) in [7, 11) is 3.21. The molecule has 5 rings (SSSR count). The smallest absolute Gasteiger partial charge is 0.239 e. The summed E-state index contributed by atoms with van der Waals surface area (Å²) < 4.78 is 10.7. The lowest BCUT2D eigenvalue weighted by Gasteiger charge is -2.56. The van der Waals surface area contributed by atoms with Gasteiger partial charge in [0.05, 0.1) is 26.8 Å². The molecular weight excluding hydrogens is 380 g/mol. The van der Waals surface area contributed by atoms with Crippen LogP contribution in [0.15, 0.2) is 18.2 Å². The third kappa shape index (κ3) is 4.42. The van der Waals surface area contributed by atoms with E-state index < -0.39 is 0 Å². The van der Waals surface area contributed by atoms with E-state index in [1.54, 1.807) is 14.2 Å². The molecule has 6 nitrogen and oxygen atoms in total. The van der Waals surface area contributed by atoms with Gasteiger partial charge in [-0.1, -0.05) is 0 Å². The number of amides is 2. The van der Waals surface area contributed by atoms with Crippen LogP contribution in [0.25, 0.3) is 0 Å². The molecule has 4 bridgehead atoms. The molecule has 0 aliphatic heterocycles. The van der Waals surface area contributed by atoms with Crippen molar-refractivity contribution in [1.29, 1.82) is 0 Å². The maximum Gasteiger partial charge on any atom is 0.239 e. The fourth-order valence-electron chi connectivity index (χ4n) is 6.64. The second-order valence-corrected chi connectivity index (χ2v) is 9.77. The Morgan fingerprint density at radius 2 is 1.67 bits per heavy atom. The molecule has 1 aromatic carbocycles. The van der Waals surface area contributed by atoms with Crippen LogP contribution in [0.3, 0.4) is 0 Å². The third-order valence-electron chi connectivity index (χ3n) is 7.43. The lowest BCUT2D eigenvalue weighted by Crippen LogP contribution is -2.48. The van der Waals surface area contributed by atoms with E-state index in [0.717, 1.165) is 23.3 Å². The summed E-state index contributed by atoms with van der Waals surface area (Å²) in [5.41, 5.74) is 1.03. The molecule has 30 heavy (non-hydrogen) atoms. The molecule has 0 unspecified atom stereocenters. The molecule has 0 saturated heterocycles. The van der Waals surface area contributed by atoms with E-state index in [0.29, 0.717) is 17.9 Å². The van der Waals surface area contributed by atoms with Crippen LogP contribution in [-0.2, 0) is 9.59 Å². The average molecular weight is 415 g/mol. The summed E-state index contributed by atoms with van der Waals surface area (Å²) in [6.07, 6.45) is 8.28. The zero-order chi connectivity index (χ0) is 21.3. The molecule has 1 aromatic rings. The number of carbonyl (C=O) groups is 2. The first-order chi connectivity index (χ1) is 14.4. The quantitative estimate of drug-likeness (QED) is 0.681. The minimum absolute atomic E-state index is 0.00181. The number of carbonyl (C=O) groups excluding carboxylic acids is 2. The Labute approximate surface area is 179 Å². The third-order valence-corrected chi connectivity index (χ3v) is 7.43. The van der Waals surface area contributed by atoms with Crippen molar-refractivity contribution in [3.8, 4) is 11.5 Å². The normalized spacial score (nSPS) is 29.9. The van der Waals surface area contributed by atoms with Crippen LogP contribution < -0.4 is 20.1 Å². The van der Waals surface area contributed by atoms with Crippen LogP contribution in [0.5, 0.6) is 11.5 Å². The molecule has 0 spiro atoms. The second-order valence-electron chi connectivity index (χ2n) is 9.77. The van der Waals surface area contributed by atoms with E-state index in [1.807, 2.05) is 25.1 Å². The molecule has 2 amide bonds. The molecule has 4 fully saturated rings. The van der Waals surface area contributed by atoms with Crippen LogP contribution in [0.2, 0.25) is 0 Å². The van der Waals surface area contributed by atoms with Gasteiger partial charge >= 0.3 is 0 Å². The first-order valence-corrected chi connectivity index (χ1v) is 11.2. The van der Waals surface area contributed by atoms with Gasteiger partial charge in [-0.15, -0.1) is 0 Å². The van der Waals surface area contributed by atoms with Gasteiger partial charge in [0.25, 0.3) is 0 Å². The minimum atomic E-state index is -0.261. The van der Waals surface area contributed by atoms with Crippen molar-refractivity contribution in [2.45, 2.75) is 57.9 Å². The number of rotatable bonds is 8. The Hall–Kier alpha value is -2.24. The predicted molar refractivity (Wildman–Crippen MR) is 114 cm³/mol. The van der Waals surface area contributed by atoms with E-state index in [1.165, 1.54) is 38.5 Å². The second kappa shape index (κ2) is 8.48. The highest BCUT2D eigenvalue weighted by molar-refractivity contribution is 5.85. The molecule has 4 aliphatic rings. The zero-order valence-electron chi connectivity index (χ0n) is 18.3. The number of nitrogens with one attached hydrogen (secondary N) is 2. The molecule has 0 aromatic heterocycles. The molecular formula is C24H34N2O4. The van der Waals surface area contributed by atoms with Crippen molar-refractivity contribution in [2.75, 3.05) is 20.8 Å². The highest BCUT2D eigenvalue weighted by Crippen LogP contribution is 2.61. The van der Waals surface area contributed by atoms with Crippen LogP contribution in [-0.4, -0.2) is 32.6 Å². The van der Waals surface area contributed by atoms with Gasteiger partial charge in [-0.2, -0.15) is 0 Å². The molecule has 2 N–H and O–H groups in total. The summed E-state index contributed by atoms with van der Waals surface area (Å²) in [6, 6.07) is 5.24. The van der Waals surface area contributed by atoms with Gasteiger partial charge in [-0.3, -0.25) is 9.59 Å². The van der Waals surface area contributed by atoms with E-state index >= 15 is 0 Å². The largest absolute Gasteiger partial charge is 0.497 e. The lowest BCUT2D eigenvalue weighted by atomic mass is 9.49. The first-order valence-electron chi connectivity index (χ1n) is 11.2. The monoisotopic (exact) mass is 414 g/mol. The number of ether oxygens (including phenoxy) is 2. The molecule has 1 atom stereocenters. The zero-order valence-corrected chi connectivity index (χ0v) is 18.3. The van der Waals surface area contributed by atoms with Crippen molar-refractivity contribution >= 4 is 11.8 Å². The molecule has 4 aliphatic carbocycles. The van der Waals surface area contributed by atoms with Crippen LogP contribution in [0, 0.1) is 23.2 Å². The summed E-state index contributed by atoms with van der Waals surface area (Å²) >= 11 is 0. The van der Waals surface area contributed by atoms with Crippen LogP contribution >= 0.6 is 0 Å². The topological polar surface area (TPSA) is 76.7 Å². The SMILES string of the molecule is COc1ccc(OC)c([C@H](C)NC(=O)CNC(=O)CC23CC4CC(CC(C4)C2)C3)c1. The number of hydrogen-bond donors (Lipinski definition) is 2. The van der Waals surface area contributed by atoms with Crippen molar-refractivity contribution in [2.24, 2.45) is 23.2 Å². The Bertz CT molecular complexity index is 771. The van der Waals surface area contributed by atoms with Gasteiger partial charge in [0.15, 0.2) is 0 Å². The predicted octanol–water partition coefficient (Wildman–Crippen LogP) is 3.60. The summed E-state index contributed by atoms with van der Waals surface area (Å²) in [5.74, 6) is 3.68. The van der Waals surface area contributed by atoms with Gasteiger partial charge in [0.2, 0.25) is 11.8 Å². The van der Waals surface area contributed by atoms with Gasteiger partial charge in [-0.05, 0) is 86.8 Å². The van der Waals surface area contributed by atoms with Crippen molar-refractivity contribution in [1.82, 2.24) is 10.6 Å². The molecule has 6 heteroatoms. The fourth-order valence-corrected chi connectivity index (χ4v) is 6.64. The number of methoxy groups -OCH3 is 2. The molecule has 4 saturated carbocycles. The summed E-state index contributed by atoms with van der Waals surface area (Å²) in [4.78, 5) is 25.1. The number of benzene rings is 1. The maximum atomic E-state index is 12.6. The molecule has 0 radical (unpaired) electrons. The average Bonchev–Trinajstić information content (AvgIpc) is 2.70. The van der Waals surface area contributed by atoms with Crippen molar-refractivity contribution in [3.63, 3.8) is 0 Å². The highest BCUT2D eigenvalue weighted by Gasteiger charge is 2.51. The molecule has 0 heterocycles. The van der Waals surface area contributed by atoms with E-state index in [9.17, 15) is 9.59 Å². The Morgan fingerprint density at radius 3 is 2.23 bits per heavy atom.